The number of rotatable bonds is 6. The van der Waals surface area contributed by atoms with Gasteiger partial charge in [-0.25, -0.2) is 0 Å². The number of aliphatic hydroxyl groups is 1. The van der Waals surface area contributed by atoms with Crippen LogP contribution in [0.5, 0.6) is 5.75 Å². The Kier molecular flexibility index (Phi) is 6.42. The molecule has 1 aromatic rings. The van der Waals surface area contributed by atoms with Gasteiger partial charge >= 0.3 is 0 Å². The molecule has 1 aromatic carbocycles. The van der Waals surface area contributed by atoms with Crippen LogP contribution >= 0.6 is 0 Å². The molecule has 0 heterocycles. The van der Waals surface area contributed by atoms with E-state index in [9.17, 15) is 15.0 Å². The molecule has 0 fully saturated rings. The van der Waals surface area contributed by atoms with Gasteiger partial charge in [0.2, 0.25) is 0 Å². The smallest absolute Gasteiger partial charge is 0.257 e. The first-order valence-electron chi connectivity index (χ1n) is 7.95. The molecule has 0 spiro atoms. The van der Waals surface area contributed by atoms with Crippen LogP contribution in [0, 0.1) is 0 Å². The highest BCUT2D eigenvalue weighted by Gasteiger charge is 2.21. The van der Waals surface area contributed by atoms with E-state index in [0.29, 0.717) is 18.5 Å². The molecule has 0 aliphatic carbocycles. The second-order valence-electron chi connectivity index (χ2n) is 6.68. The van der Waals surface area contributed by atoms with Crippen LogP contribution in [0.25, 0.3) is 0 Å². The molecule has 0 radical (unpaired) electrons. The molecule has 4 heteroatoms. The number of amides is 1. The summed E-state index contributed by atoms with van der Waals surface area (Å²) in [5.41, 5.74) is 2.20. The number of benzene rings is 1. The summed E-state index contributed by atoms with van der Waals surface area (Å²) in [6.07, 6.45) is 0.0706. The summed E-state index contributed by atoms with van der Waals surface area (Å²) in [6.45, 7) is 10.3. The average molecular weight is 307 g/mol. The maximum absolute atomic E-state index is 12.6. The van der Waals surface area contributed by atoms with Crippen molar-refractivity contribution in [3.63, 3.8) is 0 Å². The Bertz CT molecular complexity index is 521. The lowest BCUT2D eigenvalue weighted by atomic mass is 9.91. The van der Waals surface area contributed by atoms with Gasteiger partial charge in [0.25, 0.3) is 5.91 Å². The standard InChI is InChI=1S/C18H29NO3/c1-11(2)14-9-15(12(3)4)17(21)16(10-14)18(22)19(6)8-7-13(5)20/h9-13,20-21H,7-8H2,1-6H3. The second kappa shape index (κ2) is 7.63. The molecule has 2 N–H and O–H groups in total. The minimum atomic E-state index is -0.447. The molecular formula is C18H29NO3. The fourth-order valence-corrected chi connectivity index (χ4v) is 2.30. The first-order chi connectivity index (χ1) is 10.1. The van der Waals surface area contributed by atoms with Gasteiger partial charge in [0.1, 0.15) is 5.75 Å². The number of aromatic hydroxyl groups is 1. The van der Waals surface area contributed by atoms with Gasteiger partial charge in [-0.1, -0.05) is 33.8 Å². The molecule has 0 aliphatic rings. The van der Waals surface area contributed by atoms with E-state index in [1.807, 2.05) is 19.9 Å². The highest BCUT2D eigenvalue weighted by molar-refractivity contribution is 5.97. The molecule has 0 bridgehead atoms. The number of carbonyl (C=O) groups excluding carboxylic acids is 1. The zero-order chi connectivity index (χ0) is 17.0. The van der Waals surface area contributed by atoms with E-state index in [1.165, 1.54) is 0 Å². The minimum Gasteiger partial charge on any atom is -0.507 e. The van der Waals surface area contributed by atoms with Gasteiger partial charge in [-0.05, 0) is 42.4 Å². The lowest BCUT2D eigenvalue weighted by Crippen LogP contribution is -2.29. The molecule has 0 aliphatic heterocycles. The van der Waals surface area contributed by atoms with E-state index in [2.05, 4.69) is 13.8 Å². The van der Waals surface area contributed by atoms with Crippen molar-refractivity contribution in [3.8, 4) is 5.75 Å². The van der Waals surface area contributed by atoms with Crippen LogP contribution in [0.4, 0.5) is 0 Å². The van der Waals surface area contributed by atoms with E-state index in [4.69, 9.17) is 0 Å². The van der Waals surface area contributed by atoms with Crippen LogP contribution in [0.1, 0.15) is 74.4 Å². The number of carbonyl (C=O) groups is 1. The van der Waals surface area contributed by atoms with Crippen molar-refractivity contribution < 1.29 is 15.0 Å². The molecule has 0 saturated heterocycles. The quantitative estimate of drug-likeness (QED) is 0.846. The Balaban J connectivity index is 3.19. The number of phenols is 1. The molecule has 1 amide bonds. The summed E-state index contributed by atoms with van der Waals surface area (Å²) >= 11 is 0. The molecule has 1 atom stereocenters. The topological polar surface area (TPSA) is 60.8 Å². The third kappa shape index (κ3) is 4.47. The molecule has 0 saturated carbocycles. The first-order valence-corrected chi connectivity index (χ1v) is 7.95. The van der Waals surface area contributed by atoms with Crippen LogP contribution in [-0.4, -0.2) is 40.7 Å². The number of hydrogen-bond donors (Lipinski definition) is 2. The molecule has 4 nitrogen and oxygen atoms in total. The monoisotopic (exact) mass is 307 g/mol. The predicted octanol–water partition coefficient (Wildman–Crippen LogP) is 3.48. The summed E-state index contributed by atoms with van der Waals surface area (Å²) in [7, 11) is 1.70. The third-order valence-electron chi connectivity index (χ3n) is 3.91. The van der Waals surface area contributed by atoms with E-state index >= 15 is 0 Å². The van der Waals surface area contributed by atoms with Crippen molar-refractivity contribution in [1.29, 1.82) is 0 Å². The highest BCUT2D eigenvalue weighted by atomic mass is 16.3. The van der Waals surface area contributed by atoms with Crippen LogP contribution in [0.3, 0.4) is 0 Å². The number of aliphatic hydroxyl groups excluding tert-OH is 1. The van der Waals surface area contributed by atoms with Gasteiger partial charge in [0.05, 0.1) is 11.7 Å². The summed E-state index contributed by atoms with van der Waals surface area (Å²) in [6, 6.07) is 3.77. The van der Waals surface area contributed by atoms with Crippen LogP contribution < -0.4 is 0 Å². The molecular weight excluding hydrogens is 278 g/mol. The summed E-state index contributed by atoms with van der Waals surface area (Å²) < 4.78 is 0. The van der Waals surface area contributed by atoms with Gasteiger partial charge in [0, 0.05) is 13.6 Å². The first kappa shape index (κ1) is 18.5. The van der Waals surface area contributed by atoms with Crippen molar-refractivity contribution in [1.82, 2.24) is 4.90 Å². The largest absolute Gasteiger partial charge is 0.507 e. The van der Waals surface area contributed by atoms with Crippen LogP contribution in [-0.2, 0) is 0 Å². The van der Waals surface area contributed by atoms with Gasteiger partial charge in [-0.2, -0.15) is 0 Å². The second-order valence-corrected chi connectivity index (χ2v) is 6.68. The van der Waals surface area contributed by atoms with Crippen molar-refractivity contribution in [2.75, 3.05) is 13.6 Å². The number of phenolic OH excluding ortho intramolecular Hbond substituents is 1. The Morgan fingerprint density at radius 3 is 2.18 bits per heavy atom. The van der Waals surface area contributed by atoms with Crippen molar-refractivity contribution in [2.45, 2.75) is 59.0 Å². The van der Waals surface area contributed by atoms with Gasteiger partial charge < -0.3 is 15.1 Å². The Morgan fingerprint density at radius 1 is 1.14 bits per heavy atom. The number of nitrogens with zero attached hydrogens (tertiary/aromatic N) is 1. The Hall–Kier alpha value is -1.55. The lowest BCUT2D eigenvalue weighted by molar-refractivity contribution is 0.0765. The fraction of sp³-hybridized carbons (Fsp3) is 0.611. The molecule has 124 valence electrons. The average Bonchev–Trinajstić information content (AvgIpc) is 2.43. The Labute approximate surface area is 133 Å². The van der Waals surface area contributed by atoms with E-state index in [-0.39, 0.29) is 23.5 Å². The predicted molar refractivity (Wildman–Crippen MR) is 89.5 cm³/mol. The summed E-state index contributed by atoms with van der Waals surface area (Å²) in [5.74, 6) is 0.302. The van der Waals surface area contributed by atoms with Crippen molar-refractivity contribution >= 4 is 5.91 Å². The lowest BCUT2D eigenvalue weighted by Gasteiger charge is -2.21. The van der Waals surface area contributed by atoms with Crippen LogP contribution in [0.2, 0.25) is 0 Å². The van der Waals surface area contributed by atoms with Gasteiger partial charge in [-0.3, -0.25) is 4.79 Å². The SMILES string of the molecule is CC(O)CCN(C)C(=O)c1cc(C(C)C)cc(C(C)C)c1O. The highest BCUT2D eigenvalue weighted by Crippen LogP contribution is 2.33. The van der Waals surface area contributed by atoms with Gasteiger partial charge in [0.15, 0.2) is 0 Å². The normalized spacial score (nSPS) is 12.8. The zero-order valence-electron chi connectivity index (χ0n) is 14.6. The minimum absolute atomic E-state index is 0.0771. The van der Waals surface area contributed by atoms with Gasteiger partial charge in [-0.15, -0.1) is 0 Å². The molecule has 1 rings (SSSR count). The maximum atomic E-state index is 12.6. The van der Waals surface area contributed by atoms with Crippen LogP contribution in [0.15, 0.2) is 12.1 Å². The van der Waals surface area contributed by atoms with E-state index in [0.717, 1.165) is 11.1 Å². The third-order valence-corrected chi connectivity index (χ3v) is 3.91. The summed E-state index contributed by atoms with van der Waals surface area (Å²) in [4.78, 5) is 14.2. The summed E-state index contributed by atoms with van der Waals surface area (Å²) in [5, 5.41) is 19.8. The van der Waals surface area contributed by atoms with Crippen molar-refractivity contribution in [3.05, 3.63) is 28.8 Å². The molecule has 1 unspecified atom stereocenters. The number of hydrogen-bond acceptors (Lipinski definition) is 3. The molecule has 0 aromatic heterocycles. The zero-order valence-corrected chi connectivity index (χ0v) is 14.6. The van der Waals surface area contributed by atoms with E-state index < -0.39 is 6.10 Å². The molecule has 22 heavy (non-hydrogen) atoms. The fourth-order valence-electron chi connectivity index (χ4n) is 2.30. The Morgan fingerprint density at radius 2 is 1.73 bits per heavy atom. The maximum Gasteiger partial charge on any atom is 0.257 e. The van der Waals surface area contributed by atoms with E-state index in [1.54, 1.807) is 24.9 Å². The van der Waals surface area contributed by atoms with Crippen molar-refractivity contribution in [2.24, 2.45) is 0 Å².